The average molecular weight is 493 g/mol. The first-order valence-corrected chi connectivity index (χ1v) is 11.6. The molecule has 0 saturated carbocycles. The summed E-state index contributed by atoms with van der Waals surface area (Å²) < 4.78 is 42.5. The fourth-order valence-corrected chi connectivity index (χ4v) is 5.42. The summed E-state index contributed by atoms with van der Waals surface area (Å²) in [7, 11) is -1.71. The van der Waals surface area contributed by atoms with E-state index in [9.17, 15) is 17.9 Å². The average Bonchev–Trinajstić information content (AvgIpc) is 3.30. The van der Waals surface area contributed by atoms with E-state index in [1.54, 1.807) is 34.8 Å². The van der Waals surface area contributed by atoms with Crippen molar-refractivity contribution in [1.82, 2.24) is 19.3 Å². The van der Waals surface area contributed by atoms with Crippen LogP contribution < -0.4 is 0 Å². The molecule has 0 aliphatic carbocycles. The Hall–Kier alpha value is -2.72. The molecule has 0 saturated heterocycles. The van der Waals surface area contributed by atoms with Gasteiger partial charge in [-0.3, -0.25) is 0 Å². The van der Waals surface area contributed by atoms with Gasteiger partial charge < -0.3 is 9.67 Å². The second-order valence-electron chi connectivity index (χ2n) is 7.06. The molecule has 10 heteroatoms. The van der Waals surface area contributed by atoms with Crippen molar-refractivity contribution in [1.29, 1.82) is 0 Å². The Morgan fingerprint density at radius 2 is 1.90 bits per heavy atom. The fourth-order valence-electron chi connectivity index (χ4n) is 3.43. The minimum absolute atomic E-state index is 0.0734. The smallest absolute Gasteiger partial charge is 0.160 e. The number of hydrogen-bond acceptors (Lipinski definition) is 5. The Morgan fingerprint density at radius 1 is 1.17 bits per heavy atom. The molecule has 0 bridgehead atoms. The second-order valence-corrected chi connectivity index (χ2v) is 9.98. The monoisotopic (exact) mass is 492 g/mol. The van der Waals surface area contributed by atoms with Crippen LogP contribution in [0.1, 0.15) is 16.8 Å². The van der Waals surface area contributed by atoms with Crippen LogP contribution in [-0.4, -0.2) is 32.9 Å². The van der Waals surface area contributed by atoms with Gasteiger partial charge in [-0.05, 0) is 45.8 Å². The summed E-state index contributed by atoms with van der Waals surface area (Å²) in [6.07, 6.45) is 2.95. The third-order valence-electron chi connectivity index (χ3n) is 4.93. The molecule has 2 heterocycles. The molecule has 7 nitrogen and oxygen atoms in total. The van der Waals surface area contributed by atoms with Gasteiger partial charge in [0.2, 0.25) is 0 Å². The molecule has 0 unspecified atom stereocenters. The van der Waals surface area contributed by atoms with Crippen molar-refractivity contribution in [3.8, 4) is 5.75 Å². The second kappa shape index (κ2) is 7.84. The topological polar surface area (TPSA) is 90.0 Å². The number of sulfone groups is 1. The number of rotatable bonds is 6. The first-order chi connectivity index (χ1) is 14.2. The van der Waals surface area contributed by atoms with Gasteiger partial charge in [0, 0.05) is 29.2 Å². The highest BCUT2D eigenvalue weighted by molar-refractivity contribution is 9.10. The van der Waals surface area contributed by atoms with Crippen LogP contribution >= 0.6 is 15.9 Å². The normalized spacial score (nSPS) is 12.0. The Bertz CT molecular complexity index is 1320. The van der Waals surface area contributed by atoms with Crippen LogP contribution in [0.4, 0.5) is 4.39 Å². The summed E-state index contributed by atoms with van der Waals surface area (Å²) in [6, 6.07) is 8.97. The zero-order valence-corrected chi connectivity index (χ0v) is 18.4. The molecule has 1 N–H and O–H groups in total. The molecule has 0 atom stereocenters. The molecular weight excluding hydrogens is 475 g/mol. The lowest BCUT2D eigenvalue weighted by atomic mass is 10.1. The summed E-state index contributed by atoms with van der Waals surface area (Å²) in [5.74, 6) is -0.703. The van der Waals surface area contributed by atoms with Crippen molar-refractivity contribution in [3.63, 3.8) is 0 Å². The van der Waals surface area contributed by atoms with E-state index in [1.165, 1.54) is 30.6 Å². The number of hydrogen-bond donors (Lipinski definition) is 1. The lowest BCUT2D eigenvalue weighted by Crippen LogP contribution is -2.10. The molecule has 4 aromatic rings. The van der Waals surface area contributed by atoms with Crippen molar-refractivity contribution in [3.05, 3.63) is 76.2 Å². The van der Waals surface area contributed by atoms with Crippen molar-refractivity contribution >= 4 is 36.7 Å². The van der Waals surface area contributed by atoms with Crippen molar-refractivity contribution in [2.24, 2.45) is 7.05 Å². The SMILES string of the molecule is Cn1c(CS(=O)(=O)Cc2ccc(F)cc2)cc2c(Cn3cncn3)c(O)c(Br)cc21. The van der Waals surface area contributed by atoms with Gasteiger partial charge in [0.25, 0.3) is 0 Å². The van der Waals surface area contributed by atoms with Crippen molar-refractivity contribution < 1.29 is 17.9 Å². The number of aromatic hydroxyl groups is 1. The van der Waals surface area contributed by atoms with E-state index in [0.29, 0.717) is 21.3 Å². The van der Waals surface area contributed by atoms with Crippen LogP contribution in [0.15, 0.2) is 53.5 Å². The quantitative estimate of drug-likeness (QED) is 0.444. The van der Waals surface area contributed by atoms with E-state index >= 15 is 0 Å². The van der Waals surface area contributed by atoms with Crippen molar-refractivity contribution in [2.75, 3.05) is 0 Å². The Kier molecular flexibility index (Phi) is 5.37. The number of phenolic OH excluding ortho intramolecular Hbond substituents is 1. The van der Waals surface area contributed by atoms with Crippen LogP contribution in [0, 0.1) is 5.82 Å². The van der Waals surface area contributed by atoms with E-state index in [1.807, 2.05) is 0 Å². The number of halogens is 2. The highest BCUT2D eigenvalue weighted by Crippen LogP contribution is 2.37. The van der Waals surface area contributed by atoms with E-state index in [4.69, 9.17) is 0 Å². The number of aromatic nitrogens is 4. The molecule has 0 spiro atoms. The van der Waals surface area contributed by atoms with E-state index in [-0.39, 0.29) is 23.8 Å². The van der Waals surface area contributed by atoms with Gasteiger partial charge in [0.05, 0.1) is 22.5 Å². The number of aryl methyl sites for hydroxylation is 1. The highest BCUT2D eigenvalue weighted by atomic mass is 79.9. The van der Waals surface area contributed by atoms with Gasteiger partial charge in [-0.15, -0.1) is 0 Å². The van der Waals surface area contributed by atoms with Gasteiger partial charge in [0.1, 0.15) is 24.2 Å². The number of fused-ring (bicyclic) bond motifs is 1. The van der Waals surface area contributed by atoms with Crippen LogP contribution in [0.5, 0.6) is 5.75 Å². The van der Waals surface area contributed by atoms with Crippen LogP contribution in [0.25, 0.3) is 10.9 Å². The summed E-state index contributed by atoms with van der Waals surface area (Å²) in [5.41, 5.74) is 2.51. The molecule has 156 valence electrons. The van der Waals surface area contributed by atoms with E-state index in [2.05, 4.69) is 26.0 Å². The highest BCUT2D eigenvalue weighted by Gasteiger charge is 2.21. The first-order valence-electron chi connectivity index (χ1n) is 8.99. The minimum atomic E-state index is -3.50. The van der Waals surface area contributed by atoms with E-state index in [0.717, 1.165) is 10.9 Å². The van der Waals surface area contributed by atoms with Crippen LogP contribution in [0.2, 0.25) is 0 Å². The number of benzene rings is 2. The molecule has 0 aliphatic heterocycles. The molecule has 0 radical (unpaired) electrons. The molecule has 4 rings (SSSR count). The maximum atomic E-state index is 13.1. The Balaban J connectivity index is 1.71. The lowest BCUT2D eigenvalue weighted by molar-refractivity contribution is 0.462. The zero-order valence-electron chi connectivity index (χ0n) is 16.0. The third-order valence-corrected chi connectivity index (χ3v) is 7.05. The molecular formula is C20H18BrFN4O3S. The van der Waals surface area contributed by atoms with Gasteiger partial charge in [-0.1, -0.05) is 12.1 Å². The summed E-state index contributed by atoms with van der Waals surface area (Å²) in [6.45, 7) is 0.285. The fraction of sp³-hybridized carbons (Fsp3) is 0.200. The predicted octanol–water partition coefficient (Wildman–Crippen LogP) is 3.54. The Morgan fingerprint density at radius 3 is 2.57 bits per heavy atom. The number of phenols is 1. The predicted molar refractivity (Wildman–Crippen MR) is 114 cm³/mol. The molecule has 2 aromatic heterocycles. The standard InChI is InChI=1S/C20H18BrFN4O3S/c1-25-15(10-30(28,29)9-13-2-4-14(22)5-3-13)6-16-17(8-26-12-23-11-24-26)20(27)18(21)7-19(16)25/h2-7,11-12,27H,8-10H2,1H3. The Labute approximate surface area is 180 Å². The van der Waals surface area contributed by atoms with Gasteiger partial charge >= 0.3 is 0 Å². The van der Waals surface area contributed by atoms with Crippen LogP contribution in [-0.2, 0) is 34.9 Å². The molecule has 0 amide bonds. The summed E-state index contributed by atoms with van der Waals surface area (Å²) in [4.78, 5) is 3.92. The first kappa shape index (κ1) is 20.5. The maximum absolute atomic E-state index is 13.1. The van der Waals surface area contributed by atoms with Gasteiger partial charge in [-0.25, -0.2) is 22.5 Å². The maximum Gasteiger partial charge on any atom is 0.160 e. The van der Waals surface area contributed by atoms with E-state index < -0.39 is 15.7 Å². The molecule has 30 heavy (non-hydrogen) atoms. The minimum Gasteiger partial charge on any atom is -0.506 e. The zero-order chi connectivity index (χ0) is 21.5. The molecule has 0 fully saturated rings. The third kappa shape index (κ3) is 4.10. The lowest BCUT2D eigenvalue weighted by Gasteiger charge is -2.10. The number of nitrogens with zero attached hydrogens (tertiary/aromatic N) is 4. The molecule has 2 aromatic carbocycles. The van der Waals surface area contributed by atoms with Gasteiger partial charge in [-0.2, -0.15) is 5.10 Å². The summed E-state index contributed by atoms with van der Waals surface area (Å²) in [5, 5.41) is 15.4. The van der Waals surface area contributed by atoms with Gasteiger partial charge in [0.15, 0.2) is 9.84 Å². The van der Waals surface area contributed by atoms with Crippen molar-refractivity contribution in [2.45, 2.75) is 18.1 Å². The van der Waals surface area contributed by atoms with Crippen LogP contribution in [0.3, 0.4) is 0 Å². The largest absolute Gasteiger partial charge is 0.506 e. The summed E-state index contributed by atoms with van der Waals surface area (Å²) >= 11 is 3.37. The molecule has 0 aliphatic rings.